The van der Waals surface area contributed by atoms with Gasteiger partial charge in [-0.25, -0.2) is 0 Å². The van der Waals surface area contributed by atoms with Crippen molar-refractivity contribution in [2.75, 3.05) is 0 Å². The van der Waals surface area contributed by atoms with Crippen LogP contribution in [0.15, 0.2) is 213 Å². The van der Waals surface area contributed by atoms with Gasteiger partial charge in [-0.2, -0.15) is 13.2 Å². The van der Waals surface area contributed by atoms with Gasteiger partial charge in [0.1, 0.15) is 0 Å². The van der Waals surface area contributed by atoms with Crippen molar-refractivity contribution in [2.24, 2.45) is 0 Å². The van der Waals surface area contributed by atoms with Gasteiger partial charge in [0.25, 0.3) is 0 Å². The number of halogens is 3. The van der Waals surface area contributed by atoms with E-state index >= 15 is 0 Å². The fourth-order valence-electron chi connectivity index (χ4n) is 8.61. The van der Waals surface area contributed by atoms with Gasteiger partial charge < -0.3 is 15.0 Å². The van der Waals surface area contributed by atoms with Gasteiger partial charge in [-0.3, -0.25) is 0 Å². The number of nitrogens with zero attached hydrogens (tertiary/aromatic N) is 3. The van der Waals surface area contributed by atoms with E-state index in [2.05, 4.69) is 115 Å². The Morgan fingerprint density at radius 2 is 0.884 bits per heavy atom. The molecule has 10 aromatic rings. The van der Waals surface area contributed by atoms with Crippen LogP contribution in [-0.4, -0.2) is 15.0 Å². The third-order valence-electron chi connectivity index (χ3n) is 12.2. The maximum absolute atomic E-state index is 13.6. The number of hydrogen-bond donors (Lipinski definition) is 0. The van der Waals surface area contributed by atoms with Gasteiger partial charge >= 0.3 is 26.3 Å². The van der Waals surface area contributed by atoms with E-state index in [-0.39, 0.29) is 20.1 Å². The van der Waals surface area contributed by atoms with Crippen molar-refractivity contribution in [1.82, 2.24) is 15.0 Å². The Kier molecular flexibility index (Phi) is 14.3. The Morgan fingerprint density at radius 1 is 0.362 bits per heavy atom. The summed E-state index contributed by atoms with van der Waals surface area (Å²) < 4.78 is 40.7. The van der Waals surface area contributed by atoms with E-state index in [1.807, 2.05) is 97.5 Å². The maximum atomic E-state index is 13.6. The molecular weight excluding hydrogens is 1040 g/mol. The molecule has 0 fully saturated rings. The van der Waals surface area contributed by atoms with Crippen LogP contribution < -0.4 is 0 Å². The Balaban J connectivity index is 0.00000593. The number of hydrogen-bond acceptors (Lipinski definition) is 3. The smallest absolute Gasteiger partial charge is 0.304 e. The molecule has 0 spiro atoms. The molecule has 0 aliphatic carbocycles. The SMILES string of the molecule is FC(F)(F)c1c[c-]c(-c2cc(-c3ccc(-c4ccccc4)cc3)c(-c3ccccc3-c3cc(CCc4ccc(-c5[c-]cccc5)nc4)cc(CCc4ccc(-c5[c-]cccc5)nc4)c3)cn2)cc1.[Ir+3]. The zero-order valence-corrected chi connectivity index (χ0v) is 39.7. The third-order valence-corrected chi connectivity index (χ3v) is 12.2. The molecule has 0 bridgehead atoms. The molecule has 3 heterocycles. The third kappa shape index (κ3) is 11.1. The Bertz CT molecular complexity index is 3160. The molecule has 0 saturated carbocycles. The van der Waals surface area contributed by atoms with Gasteiger partial charge in [-0.05, 0) is 110 Å². The van der Waals surface area contributed by atoms with E-state index in [4.69, 9.17) is 15.0 Å². The maximum Gasteiger partial charge on any atom is 3.00 e. The summed E-state index contributed by atoms with van der Waals surface area (Å²) in [6.45, 7) is 0. The first-order valence-electron chi connectivity index (χ1n) is 22.6. The Morgan fingerprint density at radius 3 is 1.42 bits per heavy atom. The molecule has 0 amide bonds. The molecule has 0 unspecified atom stereocenters. The number of aromatic nitrogens is 3. The van der Waals surface area contributed by atoms with Crippen molar-refractivity contribution in [2.45, 2.75) is 31.9 Å². The van der Waals surface area contributed by atoms with Gasteiger partial charge in [0.05, 0.1) is 0 Å². The summed E-state index contributed by atoms with van der Waals surface area (Å²) in [5.74, 6) is 0. The summed E-state index contributed by atoms with van der Waals surface area (Å²) in [7, 11) is 0. The summed E-state index contributed by atoms with van der Waals surface area (Å²) in [6.07, 6.45) is 4.56. The van der Waals surface area contributed by atoms with Gasteiger partial charge in [-0.1, -0.05) is 127 Å². The number of rotatable bonds is 13. The standard InChI is InChI=1S/C62H43F3N3.Ir/c63-62(64,65)54-32-30-52(31-33-54)61-39-57(49-28-26-48(27-29-49)47-12-4-1-5-13-47)58(42-68-61)56-19-11-10-18-55(56)53-37-45(22-20-43-24-34-59(66-40-43)50-14-6-2-7-15-50)36-46(38-53)23-21-44-25-35-60(67-41-44)51-16-8-3-9-17-51;/h1-14,16,18-19,24-30,32-42H,20-23H2;/q-3;+3. The first-order chi connectivity index (χ1) is 33.3. The van der Waals surface area contributed by atoms with Crippen LogP contribution in [0.1, 0.15) is 27.8 Å². The molecule has 0 radical (unpaired) electrons. The molecule has 0 saturated heterocycles. The summed E-state index contributed by atoms with van der Waals surface area (Å²) in [4.78, 5) is 14.4. The zero-order valence-electron chi connectivity index (χ0n) is 37.3. The number of benzene rings is 7. The second-order valence-corrected chi connectivity index (χ2v) is 16.8. The van der Waals surface area contributed by atoms with E-state index in [0.29, 0.717) is 11.3 Å². The van der Waals surface area contributed by atoms with Gasteiger partial charge in [-0.15, -0.1) is 102 Å². The second-order valence-electron chi connectivity index (χ2n) is 16.8. The summed E-state index contributed by atoms with van der Waals surface area (Å²) in [6, 6.07) is 73.0. The molecule has 10 rings (SSSR count). The molecule has 3 aromatic heterocycles. The average molecular weight is 1080 g/mol. The normalized spacial score (nSPS) is 11.2. The molecule has 0 N–H and O–H groups in total. The van der Waals surface area contributed by atoms with E-state index < -0.39 is 11.7 Å². The zero-order chi connectivity index (χ0) is 46.3. The Labute approximate surface area is 414 Å². The molecule has 0 aliphatic heterocycles. The first-order valence-corrected chi connectivity index (χ1v) is 22.6. The molecule has 69 heavy (non-hydrogen) atoms. The fourth-order valence-corrected chi connectivity index (χ4v) is 8.61. The van der Waals surface area contributed by atoms with Crippen molar-refractivity contribution in [3.05, 3.63) is 259 Å². The minimum Gasteiger partial charge on any atom is -0.304 e. The van der Waals surface area contributed by atoms with Crippen molar-refractivity contribution in [3.63, 3.8) is 0 Å². The topological polar surface area (TPSA) is 38.7 Å². The van der Waals surface area contributed by atoms with Gasteiger partial charge in [0, 0.05) is 24.2 Å². The summed E-state index contributed by atoms with van der Waals surface area (Å²) in [5.41, 5.74) is 16.8. The van der Waals surface area contributed by atoms with Crippen molar-refractivity contribution in [3.8, 4) is 78.3 Å². The van der Waals surface area contributed by atoms with Crippen molar-refractivity contribution < 1.29 is 33.3 Å². The molecule has 7 aromatic carbocycles. The summed E-state index contributed by atoms with van der Waals surface area (Å²) in [5, 5.41) is 0. The predicted molar refractivity (Wildman–Crippen MR) is 267 cm³/mol. The molecule has 7 heteroatoms. The monoisotopic (exact) mass is 1080 g/mol. The van der Waals surface area contributed by atoms with Crippen LogP contribution in [0.2, 0.25) is 0 Å². The summed E-state index contributed by atoms with van der Waals surface area (Å²) >= 11 is 0. The van der Waals surface area contributed by atoms with Crippen LogP contribution in [0.5, 0.6) is 0 Å². The molecule has 336 valence electrons. The van der Waals surface area contributed by atoms with Crippen molar-refractivity contribution >= 4 is 0 Å². The molecule has 0 atom stereocenters. The van der Waals surface area contributed by atoms with E-state index in [0.717, 1.165) is 116 Å². The van der Waals surface area contributed by atoms with Crippen LogP contribution >= 0.6 is 0 Å². The largest absolute Gasteiger partial charge is 3.00 e. The van der Waals surface area contributed by atoms with Crippen LogP contribution in [0.3, 0.4) is 0 Å². The van der Waals surface area contributed by atoms with Crippen LogP contribution in [-0.2, 0) is 52.0 Å². The van der Waals surface area contributed by atoms with Gasteiger partial charge in [0.15, 0.2) is 0 Å². The number of pyridine rings is 3. The Hall–Kier alpha value is -7.57. The quantitative estimate of drug-likeness (QED) is 0.108. The molecular formula is C62H43F3IrN3. The molecule has 0 aliphatic rings. The number of aryl methyl sites for hydroxylation is 4. The molecule has 3 nitrogen and oxygen atoms in total. The predicted octanol–water partition coefficient (Wildman–Crippen LogP) is 15.5. The van der Waals surface area contributed by atoms with Crippen molar-refractivity contribution in [1.29, 1.82) is 0 Å². The average Bonchev–Trinajstić information content (AvgIpc) is 3.40. The number of alkyl halides is 3. The van der Waals surface area contributed by atoms with Crippen LogP contribution in [0.4, 0.5) is 13.2 Å². The fraction of sp³-hybridized carbons (Fsp3) is 0.0806. The van der Waals surface area contributed by atoms with Crippen LogP contribution in [0.25, 0.3) is 78.3 Å². The minimum absolute atomic E-state index is 0. The van der Waals surface area contributed by atoms with Crippen LogP contribution in [0, 0.1) is 18.2 Å². The van der Waals surface area contributed by atoms with E-state index in [9.17, 15) is 13.2 Å². The minimum atomic E-state index is -4.46. The van der Waals surface area contributed by atoms with E-state index in [1.54, 1.807) is 0 Å². The first kappa shape index (κ1) is 46.5. The van der Waals surface area contributed by atoms with E-state index in [1.165, 1.54) is 17.2 Å². The van der Waals surface area contributed by atoms with Gasteiger partial charge in [0.2, 0.25) is 0 Å². The second kappa shape index (κ2) is 21.2.